The van der Waals surface area contributed by atoms with Crippen LogP contribution in [0.1, 0.15) is 13.8 Å². The second-order valence-corrected chi connectivity index (χ2v) is 7.43. The Balaban J connectivity index is 2.85. The molecule has 1 aromatic rings. The van der Waals surface area contributed by atoms with E-state index >= 15 is 0 Å². The first-order valence-electron chi connectivity index (χ1n) is 6.68. The van der Waals surface area contributed by atoms with Crippen LogP contribution in [-0.2, 0) is 18.9 Å². The summed E-state index contributed by atoms with van der Waals surface area (Å²) in [5.41, 5.74) is 0.555. The number of benzene rings is 1. The molecule has 0 radical (unpaired) electrons. The molecule has 0 amide bonds. The molecule has 10 heteroatoms. The first kappa shape index (κ1) is 19.9. The van der Waals surface area contributed by atoms with Crippen molar-refractivity contribution >= 4 is 24.1 Å². The van der Waals surface area contributed by atoms with Crippen molar-refractivity contribution in [2.75, 3.05) is 18.3 Å². The molecule has 0 aliphatic carbocycles. The molecule has 0 fully saturated rings. The number of hydrogen-bond donors (Lipinski definition) is 1. The van der Waals surface area contributed by atoms with E-state index in [0.29, 0.717) is 18.9 Å². The highest BCUT2D eigenvalue weighted by Gasteiger charge is 2.24. The zero-order chi connectivity index (χ0) is 17.5. The van der Waals surface area contributed by atoms with Crippen molar-refractivity contribution in [3.8, 4) is 0 Å². The third kappa shape index (κ3) is 7.30. The van der Waals surface area contributed by atoms with Crippen molar-refractivity contribution in [1.29, 1.82) is 0 Å². The summed E-state index contributed by atoms with van der Waals surface area (Å²) in [7, 11) is -5.88. The molecule has 5 nitrogen and oxygen atoms in total. The second-order valence-electron chi connectivity index (χ2n) is 4.19. The van der Waals surface area contributed by atoms with E-state index in [4.69, 9.17) is 9.05 Å². The molecule has 1 aromatic carbocycles. The summed E-state index contributed by atoms with van der Waals surface area (Å²) in [5.74, 6) is 0. The Morgan fingerprint density at radius 3 is 2.09 bits per heavy atom. The minimum absolute atomic E-state index is 0.144. The van der Waals surface area contributed by atoms with E-state index < -0.39 is 24.5 Å². The quantitative estimate of drug-likeness (QED) is 0.700. The summed E-state index contributed by atoms with van der Waals surface area (Å²) in [5, 5.41) is 3.12. The number of halogens is 3. The summed E-state index contributed by atoms with van der Waals surface area (Å²) in [6.45, 7) is 4.54. The normalized spacial score (nSPS) is 13.0. The lowest BCUT2D eigenvalue weighted by molar-refractivity contribution is -0.0797. The molecule has 0 saturated heterocycles. The predicted molar refractivity (Wildman–Crippen MR) is 84.0 cm³/mol. The molecule has 0 unspecified atom stereocenters. The first-order valence-corrected chi connectivity index (χ1v) is 9.55. The van der Waals surface area contributed by atoms with Gasteiger partial charge >= 0.3 is 14.7 Å². The zero-order valence-corrected chi connectivity index (χ0v) is 14.4. The molecule has 0 bridgehead atoms. The molecule has 0 aromatic heterocycles. The van der Waals surface area contributed by atoms with Crippen molar-refractivity contribution in [1.82, 2.24) is 0 Å². The Morgan fingerprint density at radius 2 is 1.65 bits per heavy atom. The first-order chi connectivity index (χ1) is 10.7. The van der Waals surface area contributed by atoms with E-state index in [1.807, 2.05) is 13.8 Å². The van der Waals surface area contributed by atoms with E-state index in [9.17, 15) is 21.6 Å². The third-order valence-electron chi connectivity index (χ3n) is 2.42. The maximum Gasteiger partial charge on any atom is 0.410 e. The fourth-order valence-electron chi connectivity index (χ4n) is 1.47. The fourth-order valence-corrected chi connectivity index (χ4v) is 3.63. The average Bonchev–Trinajstić information content (AvgIpc) is 2.46. The highest BCUT2D eigenvalue weighted by Crippen LogP contribution is 2.38. The zero-order valence-electron chi connectivity index (χ0n) is 12.6. The number of rotatable bonds is 8. The summed E-state index contributed by atoms with van der Waals surface area (Å²) < 4.78 is 70.5. The van der Waals surface area contributed by atoms with Crippen LogP contribution in [-0.4, -0.2) is 27.8 Å². The number of anilines is 1. The fraction of sp³-hybridized carbons (Fsp3) is 0.385. The van der Waals surface area contributed by atoms with Crippen molar-refractivity contribution in [3.05, 3.63) is 35.7 Å². The Labute approximate surface area is 134 Å². The van der Waals surface area contributed by atoms with Gasteiger partial charge in [0.25, 0.3) is 0 Å². The maximum atomic E-state index is 12.1. The van der Waals surface area contributed by atoms with Crippen LogP contribution in [0, 0.1) is 0 Å². The Hall–Kier alpha value is -1.15. The minimum Gasteiger partial charge on any atom is -0.219 e. The SMILES string of the molecule is CCO[PH+](Nc1ccc(S(=O)(=O)C=CC(F)(F)F)cc1)OCC. The number of hydrogen-bond acceptors (Lipinski definition) is 5. The van der Waals surface area contributed by atoms with E-state index in [1.54, 1.807) is 0 Å². The van der Waals surface area contributed by atoms with Gasteiger partial charge < -0.3 is 0 Å². The topological polar surface area (TPSA) is 64.6 Å². The van der Waals surface area contributed by atoms with Crippen LogP contribution < -0.4 is 5.09 Å². The largest absolute Gasteiger partial charge is 0.410 e. The Morgan fingerprint density at radius 1 is 1.13 bits per heavy atom. The van der Waals surface area contributed by atoms with E-state index in [-0.39, 0.29) is 16.4 Å². The summed E-state index contributed by atoms with van der Waals surface area (Å²) in [6, 6.07) is 5.32. The molecule has 130 valence electrons. The molecule has 0 spiro atoms. The minimum atomic E-state index is -4.68. The average molecular weight is 372 g/mol. The van der Waals surface area contributed by atoms with Gasteiger partial charge in [0, 0.05) is 11.5 Å². The molecule has 0 atom stereocenters. The predicted octanol–water partition coefficient (Wildman–Crippen LogP) is 3.98. The van der Waals surface area contributed by atoms with Gasteiger partial charge in [-0.1, -0.05) is 0 Å². The van der Waals surface area contributed by atoms with Gasteiger partial charge in [0.1, 0.15) is 0 Å². The Kier molecular flexibility index (Phi) is 7.47. The van der Waals surface area contributed by atoms with Crippen LogP contribution in [0.25, 0.3) is 0 Å². The van der Waals surface area contributed by atoms with Gasteiger partial charge in [-0.15, -0.1) is 0 Å². The standard InChI is InChI=1S/C13H17F3NO4PS/c1-3-20-22(21-4-2)17-11-5-7-12(8-6-11)23(18,19)10-9-13(14,15)16/h5-10,17H,3-4H2,1-2H3/p+1. The van der Waals surface area contributed by atoms with Crippen molar-refractivity contribution in [2.45, 2.75) is 24.9 Å². The smallest absolute Gasteiger partial charge is 0.219 e. The summed E-state index contributed by atoms with van der Waals surface area (Å²) >= 11 is 0. The van der Waals surface area contributed by atoms with Gasteiger partial charge in [-0.3, -0.25) is 0 Å². The van der Waals surface area contributed by atoms with Crippen LogP contribution in [0.3, 0.4) is 0 Å². The van der Waals surface area contributed by atoms with Crippen LogP contribution >= 0.6 is 8.53 Å². The van der Waals surface area contributed by atoms with Crippen molar-refractivity contribution in [2.24, 2.45) is 0 Å². The molecule has 1 N–H and O–H groups in total. The lowest BCUT2D eigenvalue weighted by Crippen LogP contribution is -2.04. The second kappa shape index (κ2) is 8.63. The summed E-state index contributed by atoms with van der Waals surface area (Å²) in [4.78, 5) is -0.231. The van der Waals surface area contributed by atoms with Crippen molar-refractivity contribution < 1.29 is 30.6 Å². The Bertz CT molecular complexity index is 611. The highest BCUT2D eigenvalue weighted by molar-refractivity contribution is 7.94. The van der Waals surface area contributed by atoms with Crippen molar-refractivity contribution in [3.63, 3.8) is 0 Å². The van der Waals surface area contributed by atoms with Gasteiger partial charge in [-0.05, 0) is 38.1 Å². The van der Waals surface area contributed by atoms with Crippen LogP contribution in [0.2, 0.25) is 0 Å². The molecular weight excluding hydrogens is 354 g/mol. The molecule has 0 aliphatic heterocycles. The number of allylic oxidation sites excluding steroid dienone is 1. The highest BCUT2D eigenvalue weighted by atomic mass is 32.2. The van der Waals surface area contributed by atoms with Crippen LogP contribution in [0.15, 0.2) is 40.6 Å². The molecule has 0 saturated carbocycles. The lowest BCUT2D eigenvalue weighted by atomic mass is 10.3. The van der Waals surface area contributed by atoms with E-state index in [1.165, 1.54) is 24.3 Å². The number of nitrogens with one attached hydrogen (secondary N) is 1. The van der Waals surface area contributed by atoms with Gasteiger partial charge in [-0.2, -0.15) is 22.2 Å². The monoisotopic (exact) mass is 372 g/mol. The van der Waals surface area contributed by atoms with Crippen LogP contribution in [0.4, 0.5) is 18.9 Å². The van der Waals surface area contributed by atoms with Gasteiger partial charge in [0.2, 0.25) is 0 Å². The van der Waals surface area contributed by atoms with Crippen LogP contribution in [0.5, 0.6) is 0 Å². The van der Waals surface area contributed by atoms with Gasteiger partial charge in [0.05, 0.1) is 23.8 Å². The van der Waals surface area contributed by atoms with E-state index in [2.05, 4.69) is 5.09 Å². The third-order valence-corrected chi connectivity index (χ3v) is 5.43. The van der Waals surface area contributed by atoms with E-state index in [0.717, 1.165) is 0 Å². The molecule has 23 heavy (non-hydrogen) atoms. The molecule has 1 rings (SSSR count). The number of sulfone groups is 1. The van der Waals surface area contributed by atoms with Gasteiger partial charge in [0.15, 0.2) is 9.84 Å². The molecule has 0 aliphatic rings. The molecule has 0 heterocycles. The maximum absolute atomic E-state index is 12.1. The number of alkyl halides is 3. The lowest BCUT2D eigenvalue weighted by Gasteiger charge is -2.09. The van der Waals surface area contributed by atoms with Gasteiger partial charge in [-0.25, -0.2) is 13.5 Å². The summed E-state index contributed by atoms with van der Waals surface area (Å²) in [6.07, 6.45) is -4.99. The molecular formula is C13H18F3NO4PS+.